The van der Waals surface area contributed by atoms with Crippen LogP contribution in [0, 0.1) is 0 Å². The third-order valence-corrected chi connectivity index (χ3v) is 1.53. The van der Waals surface area contributed by atoms with Gasteiger partial charge in [-0.2, -0.15) is 0 Å². The predicted octanol–water partition coefficient (Wildman–Crippen LogP) is 1.59. The fraction of sp³-hybridized carbons (Fsp3) is 0.700. The van der Waals surface area contributed by atoms with Gasteiger partial charge in [-0.25, -0.2) is 0 Å². The van der Waals surface area contributed by atoms with Gasteiger partial charge in [0.2, 0.25) is 0 Å². The van der Waals surface area contributed by atoms with E-state index in [0.29, 0.717) is 6.42 Å². The van der Waals surface area contributed by atoms with Crippen molar-refractivity contribution in [2.24, 2.45) is 0 Å². The Labute approximate surface area is 93.9 Å². The molecular weight excluding hydrogens is 216 g/mol. The van der Waals surface area contributed by atoms with Crippen molar-refractivity contribution in [3.63, 3.8) is 0 Å². The smallest absolute Gasteiger partial charge is 0.303 e. The third kappa shape index (κ3) is 22.8. The molecule has 0 aromatic heterocycles. The summed E-state index contributed by atoms with van der Waals surface area (Å²) in [5, 5.41) is 24.1. The van der Waals surface area contributed by atoms with E-state index in [1.165, 1.54) is 0 Å². The number of carboxylic acids is 3. The Bertz CT molecular complexity index is 209. The van der Waals surface area contributed by atoms with Crippen LogP contribution in [-0.2, 0) is 14.4 Å². The van der Waals surface area contributed by atoms with Crippen LogP contribution < -0.4 is 0 Å². The molecule has 0 aromatic carbocycles. The SMILES string of the molecule is CCCCC(=O)O.O=C(O)CCCC(=O)O. The standard InChI is InChI=1S/C5H8O4.C5H10O2/c6-4(7)2-1-3-5(8)9;1-2-3-4-5(6)7/h1-3H2,(H,6,7)(H,8,9);2-4H2,1H3,(H,6,7). The van der Waals surface area contributed by atoms with Crippen molar-refractivity contribution >= 4 is 17.9 Å². The van der Waals surface area contributed by atoms with Gasteiger partial charge in [-0.05, 0) is 12.8 Å². The van der Waals surface area contributed by atoms with E-state index in [9.17, 15) is 14.4 Å². The molecule has 0 unspecified atom stereocenters. The Kier molecular flexibility index (Phi) is 12.1. The Balaban J connectivity index is 0. The van der Waals surface area contributed by atoms with Crippen molar-refractivity contribution in [1.29, 1.82) is 0 Å². The van der Waals surface area contributed by atoms with E-state index in [1.807, 2.05) is 6.92 Å². The van der Waals surface area contributed by atoms with Crippen LogP contribution in [0.4, 0.5) is 0 Å². The van der Waals surface area contributed by atoms with Gasteiger partial charge in [-0.1, -0.05) is 13.3 Å². The first-order valence-electron chi connectivity index (χ1n) is 5.05. The highest BCUT2D eigenvalue weighted by atomic mass is 16.4. The summed E-state index contributed by atoms with van der Waals surface area (Å²) in [5.74, 6) is -2.59. The minimum atomic E-state index is -0.948. The monoisotopic (exact) mass is 234 g/mol. The molecule has 0 saturated carbocycles. The summed E-state index contributed by atoms with van der Waals surface area (Å²) in [5.41, 5.74) is 0. The largest absolute Gasteiger partial charge is 0.481 e. The van der Waals surface area contributed by atoms with Crippen LogP contribution in [0.15, 0.2) is 0 Å². The maximum atomic E-state index is 9.79. The van der Waals surface area contributed by atoms with Crippen molar-refractivity contribution in [2.45, 2.75) is 45.4 Å². The zero-order valence-corrected chi connectivity index (χ0v) is 9.31. The van der Waals surface area contributed by atoms with E-state index in [4.69, 9.17) is 15.3 Å². The highest BCUT2D eigenvalue weighted by molar-refractivity contribution is 5.69. The lowest BCUT2D eigenvalue weighted by molar-refractivity contribution is -0.139. The fourth-order valence-electron chi connectivity index (χ4n) is 0.719. The first-order valence-corrected chi connectivity index (χ1v) is 5.05. The van der Waals surface area contributed by atoms with Crippen molar-refractivity contribution < 1.29 is 29.7 Å². The van der Waals surface area contributed by atoms with E-state index in [2.05, 4.69) is 0 Å². The molecule has 0 atom stereocenters. The lowest BCUT2D eigenvalue weighted by Gasteiger charge is -1.89. The van der Waals surface area contributed by atoms with E-state index in [-0.39, 0.29) is 19.3 Å². The van der Waals surface area contributed by atoms with E-state index < -0.39 is 17.9 Å². The van der Waals surface area contributed by atoms with Crippen LogP contribution in [0.3, 0.4) is 0 Å². The van der Waals surface area contributed by atoms with E-state index in [1.54, 1.807) is 0 Å². The van der Waals surface area contributed by atoms with Crippen LogP contribution in [0.25, 0.3) is 0 Å². The second-order valence-electron chi connectivity index (χ2n) is 3.14. The van der Waals surface area contributed by atoms with Gasteiger partial charge in [0, 0.05) is 19.3 Å². The Morgan fingerprint density at radius 1 is 0.750 bits per heavy atom. The molecule has 6 heteroatoms. The van der Waals surface area contributed by atoms with Gasteiger partial charge in [-0.15, -0.1) is 0 Å². The minimum absolute atomic E-state index is 0.0632. The molecule has 0 saturated heterocycles. The minimum Gasteiger partial charge on any atom is -0.481 e. The Morgan fingerprint density at radius 2 is 1.06 bits per heavy atom. The number of hydrogen-bond donors (Lipinski definition) is 3. The molecule has 0 fully saturated rings. The number of rotatable bonds is 7. The molecule has 16 heavy (non-hydrogen) atoms. The molecule has 0 rings (SSSR count). The zero-order chi connectivity index (χ0) is 13.0. The van der Waals surface area contributed by atoms with Crippen LogP contribution >= 0.6 is 0 Å². The van der Waals surface area contributed by atoms with Crippen molar-refractivity contribution in [3.8, 4) is 0 Å². The number of aliphatic carboxylic acids is 3. The average molecular weight is 234 g/mol. The molecule has 0 aromatic rings. The fourth-order valence-corrected chi connectivity index (χ4v) is 0.719. The molecule has 3 N–H and O–H groups in total. The summed E-state index contributed by atoms with van der Waals surface area (Å²) in [7, 11) is 0. The summed E-state index contributed by atoms with van der Waals surface area (Å²) in [6, 6.07) is 0. The second kappa shape index (κ2) is 11.5. The molecule has 6 nitrogen and oxygen atoms in total. The normalized spacial score (nSPS) is 8.81. The highest BCUT2D eigenvalue weighted by Gasteiger charge is 1.99. The van der Waals surface area contributed by atoms with Crippen molar-refractivity contribution in [3.05, 3.63) is 0 Å². The van der Waals surface area contributed by atoms with E-state index >= 15 is 0 Å². The summed E-state index contributed by atoms with van der Waals surface area (Å²) < 4.78 is 0. The van der Waals surface area contributed by atoms with Gasteiger partial charge in [0.1, 0.15) is 0 Å². The van der Waals surface area contributed by atoms with E-state index in [0.717, 1.165) is 12.8 Å². The molecule has 0 heterocycles. The molecule has 0 amide bonds. The molecule has 0 aliphatic carbocycles. The van der Waals surface area contributed by atoms with Gasteiger partial charge in [0.25, 0.3) is 0 Å². The number of unbranched alkanes of at least 4 members (excludes halogenated alkanes) is 1. The maximum Gasteiger partial charge on any atom is 0.303 e. The summed E-state index contributed by atoms with van der Waals surface area (Å²) in [6.45, 7) is 1.98. The topological polar surface area (TPSA) is 112 Å². The predicted molar refractivity (Wildman–Crippen MR) is 56.3 cm³/mol. The number of carbonyl (C=O) groups is 3. The lowest BCUT2D eigenvalue weighted by Crippen LogP contribution is -1.98. The third-order valence-electron chi connectivity index (χ3n) is 1.53. The molecular formula is C10H18O6. The lowest BCUT2D eigenvalue weighted by atomic mass is 10.2. The van der Waals surface area contributed by atoms with Gasteiger partial charge >= 0.3 is 17.9 Å². The molecule has 0 aliphatic rings. The van der Waals surface area contributed by atoms with Crippen molar-refractivity contribution in [1.82, 2.24) is 0 Å². The molecule has 94 valence electrons. The Hall–Kier alpha value is -1.59. The number of hydrogen-bond acceptors (Lipinski definition) is 3. The van der Waals surface area contributed by atoms with Gasteiger partial charge < -0.3 is 15.3 Å². The zero-order valence-electron chi connectivity index (χ0n) is 9.31. The van der Waals surface area contributed by atoms with Crippen LogP contribution in [0.1, 0.15) is 45.4 Å². The second-order valence-corrected chi connectivity index (χ2v) is 3.14. The first kappa shape index (κ1) is 16.8. The molecule has 0 aliphatic heterocycles. The van der Waals surface area contributed by atoms with Crippen LogP contribution in [0.2, 0.25) is 0 Å². The van der Waals surface area contributed by atoms with Gasteiger partial charge in [0.15, 0.2) is 0 Å². The highest BCUT2D eigenvalue weighted by Crippen LogP contribution is 1.93. The van der Waals surface area contributed by atoms with Gasteiger partial charge in [-0.3, -0.25) is 14.4 Å². The average Bonchev–Trinajstić information content (AvgIpc) is 2.14. The summed E-state index contributed by atoms with van der Waals surface area (Å²) >= 11 is 0. The Morgan fingerprint density at radius 3 is 1.25 bits per heavy atom. The molecule has 0 radical (unpaired) electrons. The van der Waals surface area contributed by atoms with Crippen molar-refractivity contribution in [2.75, 3.05) is 0 Å². The first-order chi connectivity index (χ1) is 7.40. The summed E-state index contributed by atoms with van der Waals surface area (Å²) in [4.78, 5) is 29.3. The van der Waals surface area contributed by atoms with Crippen LogP contribution in [-0.4, -0.2) is 33.2 Å². The number of carboxylic acid groups (broad SMARTS) is 3. The maximum absolute atomic E-state index is 9.79. The quantitative estimate of drug-likeness (QED) is 0.616. The summed E-state index contributed by atoms with van der Waals surface area (Å²) in [6.07, 6.45) is 2.17. The molecule has 0 spiro atoms. The molecule has 0 bridgehead atoms. The van der Waals surface area contributed by atoms with Gasteiger partial charge in [0.05, 0.1) is 0 Å². The van der Waals surface area contributed by atoms with Crippen LogP contribution in [0.5, 0.6) is 0 Å².